The summed E-state index contributed by atoms with van der Waals surface area (Å²) in [6, 6.07) is 1.92. The number of piperazine rings is 1. The van der Waals surface area contributed by atoms with E-state index in [0.29, 0.717) is 19.0 Å². The molecule has 1 saturated heterocycles. The molecule has 1 aliphatic heterocycles. The number of guanidine groups is 1. The van der Waals surface area contributed by atoms with E-state index < -0.39 is 0 Å². The van der Waals surface area contributed by atoms with Gasteiger partial charge in [0, 0.05) is 58.9 Å². The second-order valence-corrected chi connectivity index (χ2v) is 6.60. The second kappa shape index (κ2) is 9.72. The fraction of sp³-hybridized carbons (Fsp3) is 0.529. The zero-order chi connectivity index (χ0) is 18.5. The Morgan fingerprint density at radius 2 is 2.19 bits per heavy atom. The number of carbonyl (C=O) groups excluding carboxylic acids is 1. The number of aromatic nitrogens is 4. The fourth-order valence-corrected chi connectivity index (χ4v) is 3.06. The number of nitrogens with zero attached hydrogens (tertiary/aromatic N) is 7. The minimum Gasteiger partial charge on any atom is -0.356 e. The molecule has 0 spiro atoms. The Kier molecular flexibility index (Phi) is 7.63. The summed E-state index contributed by atoms with van der Waals surface area (Å²) in [6.45, 7) is 5.42. The number of aryl methyl sites for hydroxylation is 1. The topological polar surface area (TPSA) is 83.6 Å². The number of amides is 1. The van der Waals surface area contributed by atoms with Gasteiger partial charge in [-0.1, -0.05) is 6.92 Å². The van der Waals surface area contributed by atoms with Crippen LogP contribution in [0.1, 0.15) is 6.92 Å². The predicted molar refractivity (Wildman–Crippen MR) is 115 cm³/mol. The Morgan fingerprint density at radius 1 is 1.37 bits per heavy atom. The molecule has 1 N–H and O–H groups in total. The van der Waals surface area contributed by atoms with Crippen LogP contribution in [0.4, 0.5) is 5.69 Å². The van der Waals surface area contributed by atoms with E-state index in [1.54, 1.807) is 29.0 Å². The van der Waals surface area contributed by atoms with Gasteiger partial charge in [-0.2, -0.15) is 10.2 Å². The number of hydrogen-bond acceptors (Lipinski definition) is 4. The maximum Gasteiger partial charge on any atom is 0.246 e. The average molecular weight is 486 g/mol. The summed E-state index contributed by atoms with van der Waals surface area (Å²) in [7, 11) is 3.60. The van der Waals surface area contributed by atoms with Crippen molar-refractivity contribution in [3.63, 3.8) is 0 Å². The van der Waals surface area contributed by atoms with Crippen molar-refractivity contribution in [2.45, 2.75) is 13.5 Å². The summed E-state index contributed by atoms with van der Waals surface area (Å²) in [5.74, 6) is 1.20. The molecule has 2 aromatic heterocycles. The Balaban J connectivity index is 0.00000261. The molecule has 27 heavy (non-hydrogen) atoms. The summed E-state index contributed by atoms with van der Waals surface area (Å²) < 4.78 is 3.63. The number of hydrogen-bond donors (Lipinski definition) is 1. The summed E-state index contributed by atoms with van der Waals surface area (Å²) in [4.78, 5) is 20.6. The van der Waals surface area contributed by atoms with Crippen molar-refractivity contribution < 1.29 is 4.79 Å². The zero-order valence-corrected chi connectivity index (χ0v) is 18.3. The molecule has 2 aromatic rings. The standard InChI is InChI=1S/C17H26N8O.HI/c1-14(11-24-6-4-5-20-24)9-19-17(18-2)23-7-8-25(16(26)13-23)15-10-21-22(3)12-15;/h4-6,10,12,14H,7-9,11,13H2,1-3H3,(H,18,19);1H. The molecule has 1 fully saturated rings. The highest BCUT2D eigenvalue weighted by Gasteiger charge is 2.27. The van der Waals surface area contributed by atoms with Gasteiger partial charge in [0.15, 0.2) is 5.96 Å². The van der Waals surface area contributed by atoms with Crippen LogP contribution in [0.5, 0.6) is 0 Å². The molecule has 148 valence electrons. The van der Waals surface area contributed by atoms with Gasteiger partial charge in [-0.15, -0.1) is 24.0 Å². The number of rotatable bonds is 5. The zero-order valence-electron chi connectivity index (χ0n) is 15.9. The van der Waals surface area contributed by atoms with Crippen molar-refractivity contribution in [3.8, 4) is 0 Å². The molecular weight excluding hydrogens is 459 g/mol. The van der Waals surface area contributed by atoms with Gasteiger partial charge < -0.3 is 15.1 Å². The van der Waals surface area contributed by atoms with E-state index >= 15 is 0 Å². The van der Waals surface area contributed by atoms with Gasteiger partial charge in [-0.05, 0) is 12.0 Å². The van der Waals surface area contributed by atoms with Crippen LogP contribution in [0, 0.1) is 5.92 Å². The third-order valence-corrected chi connectivity index (χ3v) is 4.40. The highest BCUT2D eigenvalue weighted by atomic mass is 127. The lowest BCUT2D eigenvalue weighted by atomic mass is 10.2. The molecule has 10 heteroatoms. The van der Waals surface area contributed by atoms with Gasteiger partial charge >= 0.3 is 0 Å². The summed E-state index contributed by atoms with van der Waals surface area (Å²) in [5.41, 5.74) is 0.841. The van der Waals surface area contributed by atoms with E-state index in [2.05, 4.69) is 27.4 Å². The highest BCUT2D eigenvalue weighted by molar-refractivity contribution is 14.0. The smallest absolute Gasteiger partial charge is 0.246 e. The van der Waals surface area contributed by atoms with E-state index in [-0.39, 0.29) is 29.9 Å². The van der Waals surface area contributed by atoms with Crippen molar-refractivity contribution in [3.05, 3.63) is 30.9 Å². The van der Waals surface area contributed by atoms with Gasteiger partial charge in [-0.3, -0.25) is 19.2 Å². The molecule has 9 nitrogen and oxygen atoms in total. The minimum atomic E-state index is 0. The molecule has 3 heterocycles. The lowest BCUT2D eigenvalue weighted by Gasteiger charge is -2.35. The van der Waals surface area contributed by atoms with E-state index in [1.807, 2.05) is 35.1 Å². The first-order valence-corrected chi connectivity index (χ1v) is 8.79. The van der Waals surface area contributed by atoms with E-state index in [9.17, 15) is 4.79 Å². The molecule has 1 aliphatic rings. The highest BCUT2D eigenvalue weighted by Crippen LogP contribution is 2.16. The molecule has 1 amide bonds. The Hall–Kier alpha value is -2.11. The van der Waals surface area contributed by atoms with Gasteiger partial charge in [-0.25, -0.2) is 0 Å². The van der Waals surface area contributed by atoms with E-state index in [1.165, 1.54) is 0 Å². The summed E-state index contributed by atoms with van der Waals surface area (Å²) in [5, 5.41) is 11.8. The molecule has 1 atom stereocenters. The van der Waals surface area contributed by atoms with Gasteiger partial charge in [0.1, 0.15) is 6.54 Å². The Morgan fingerprint density at radius 3 is 2.78 bits per heavy atom. The summed E-state index contributed by atoms with van der Waals surface area (Å²) >= 11 is 0. The number of nitrogens with one attached hydrogen (secondary N) is 1. The van der Waals surface area contributed by atoms with Crippen molar-refractivity contribution >= 4 is 41.5 Å². The van der Waals surface area contributed by atoms with Crippen LogP contribution in [-0.4, -0.2) is 69.6 Å². The lowest BCUT2D eigenvalue weighted by molar-refractivity contribution is -0.120. The minimum absolute atomic E-state index is 0. The van der Waals surface area contributed by atoms with Crippen molar-refractivity contribution in [1.82, 2.24) is 29.8 Å². The maximum absolute atomic E-state index is 12.5. The first kappa shape index (κ1) is 21.2. The van der Waals surface area contributed by atoms with Crippen LogP contribution < -0.4 is 10.2 Å². The van der Waals surface area contributed by atoms with Crippen LogP contribution in [0.15, 0.2) is 35.8 Å². The van der Waals surface area contributed by atoms with Crippen LogP contribution in [-0.2, 0) is 18.4 Å². The normalized spacial score (nSPS) is 16.3. The van der Waals surface area contributed by atoms with Crippen molar-refractivity contribution in [2.24, 2.45) is 18.0 Å². The van der Waals surface area contributed by atoms with Crippen molar-refractivity contribution in [1.29, 1.82) is 0 Å². The molecule has 0 saturated carbocycles. The van der Waals surface area contributed by atoms with Crippen LogP contribution in [0.3, 0.4) is 0 Å². The van der Waals surface area contributed by atoms with Crippen LogP contribution >= 0.6 is 24.0 Å². The van der Waals surface area contributed by atoms with E-state index in [4.69, 9.17) is 0 Å². The quantitative estimate of drug-likeness (QED) is 0.384. The van der Waals surface area contributed by atoms with Gasteiger partial charge in [0.25, 0.3) is 0 Å². The second-order valence-electron chi connectivity index (χ2n) is 6.60. The Labute approximate surface area is 176 Å². The molecule has 0 radical (unpaired) electrons. The molecular formula is C17H27IN8O. The summed E-state index contributed by atoms with van der Waals surface area (Å²) in [6.07, 6.45) is 7.32. The largest absolute Gasteiger partial charge is 0.356 e. The number of halogens is 1. The van der Waals surface area contributed by atoms with Crippen molar-refractivity contribution in [2.75, 3.05) is 38.1 Å². The first-order valence-electron chi connectivity index (χ1n) is 8.79. The third-order valence-electron chi connectivity index (χ3n) is 4.40. The Bertz CT molecular complexity index is 757. The van der Waals surface area contributed by atoms with Gasteiger partial charge in [0.05, 0.1) is 11.9 Å². The predicted octanol–water partition coefficient (Wildman–Crippen LogP) is 0.795. The number of aliphatic imine (C=N–C) groups is 1. The fourth-order valence-electron chi connectivity index (χ4n) is 3.06. The van der Waals surface area contributed by atoms with E-state index in [0.717, 1.165) is 31.3 Å². The van der Waals surface area contributed by atoms with Gasteiger partial charge in [0.2, 0.25) is 5.91 Å². The maximum atomic E-state index is 12.5. The monoisotopic (exact) mass is 486 g/mol. The molecule has 3 rings (SSSR count). The molecule has 0 bridgehead atoms. The lowest BCUT2D eigenvalue weighted by Crippen LogP contribution is -2.55. The average Bonchev–Trinajstić information content (AvgIpc) is 3.27. The number of carbonyl (C=O) groups is 1. The third kappa shape index (κ3) is 5.44. The molecule has 1 unspecified atom stereocenters. The van der Waals surface area contributed by atoms with Crippen LogP contribution in [0.25, 0.3) is 0 Å². The molecule has 0 aromatic carbocycles. The SMILES string of the molecule is CN=C(NCC(C)Cn1cccn1)N1CCN(c2cnn(C)c2)C(=O)C1.I. The molecule has 0 aliphatic carbocycles. The first-order chi connectivity index (χ1) is 12.6. The van der Waals surface area contributed by atoms with Crippen LogP contribution in [0.2, 0.25) is 0 Å². The number of anilines is 1.